The number of nitrogens with one attached hydrogen (secondary N) is 1. The topological polar surface area (TPSA) is 70.6 Å². The number of carbonyl (C=O) groups excluding carboxylic acids is 1. The normalized spacial score (nSPS) is 22.0. The van der Waals surface area contributed by atoms with E-state index in [1.807, 2.05) is 0 Å². The van der Waals surface area contributed by atoms with Crippen molar-refractivity contribution >= 4 is 17.5 Å². The van der Waals surface area contributed by atoms with Gasteiger partial charge in [-0.25, -0.2) is 9.97 Å². The van der Waals surface area contributed by atoms with Gasteiger partial charge in [-0.15, -0.1) is 0 Å². The van der Waals surface area contributed by atoms with Crippen LogP contribution >= 0.6 is 0 Å². The lowest BCUT2D eigenvalue weighted by atomic mass is 10.1. The van der Waals surface area contributed by atoms with Crippen molar-refractivity contribution in [3.05, 3.63) is 42.2 Å². The molecule has 0 aliphatic carbocycles. The quantitative estimate of drug-likeness (QED) is 0.907. The first-order chi connectivity index (χ1) is 12.7. The average molecular weight is 353 g/mol. The van der Waals surface area contributed by atoms with Crippen molar-refractivity contribution in [1.82, 2.24) is 14.9 Å². The summed E-state index contributed by atoms with van der Waals surface area (Å²) in [6, 6.07) is 7.56. The number of carbonyl (C=O) groups is 1. The Morgan fingerprint density at radius 3 is 2.65 bits per heavy atom. The molecule has 0 atom stereocenters. The summed E-state index contributed by atoms with van der Waals surface area (Å²) < 4.78 is 5.16. The Hall–Kier alpha value is -2.67. The van der Waals surface area contributed by atoms with Crippen molar-refractivity contribution in [1.29, 1.82) is 0 Å². The zero-order valence-electron chi connectivity index (χ0n) is 14.9. The van der Waals surface area contributed by atoms with Crippen molar-refractivity contribution in [2.75, 3.05) is 43.5 Å². The molecule has 7 nitrogen and oxygen atoms in total. The second-order valence-electron chi connectivity index (χ2n) is 6.72. The number of methoxy groups -OCH3 is 1. The van der Waals surface area contributed by atoms with Crippen molar-refractivity contribution in [2.45, 2.75) is 18.9 Å². The molecule has 2 aromatic rings. The second kappa shape index (κ2) is 7.29. The van der Waals surface area contributed by atoms with Crippen molar-refractivity contribution in [3.63, 3.8) is 0 Å². The molecule has 26 heavy (non-hydrogen) atoms. The van der Waals surface area contributed by atoms with E-state index in [9.17, 15) is 4.79 Å². The second-order valence-corrected chi connectivity index (χ2v) is 6.72. The number of nitrogens with zero attached hydrogens (tertiary/aromatic N) is 4. The van der Waals surface area contributed by atoms with Crippen LogP contribution in [0.2, 0.25) is 0 Å². The molecule has 1 amide bonds. The molecule has 0 saturated carbocycles. The van der Waals surface area contributed by atoms with Crippen LogP contribution in [0.4, 0.5) is 11.6 Å². The number of ether oxygens (including phenoxy) is 1. The van der Waals surface area contributed by atoms with E-state index in [0.717, 1.165) is 45.0 Å². The monoisotopic (exact) mass is 353 g/mol. The van der Waals surface area contributed by atoms with Crippen LogP contribution < -0.4 is 15.0 Å². The molecule has 5 rings (SSSR count). The molecule has 0 radical (unpaired) electrons. The highest BCUT2D eigenvalue weighted by Gasteiger charge is 2.30. The third kappa shape index (κ3) is 3.48. The van der Waals surface area contributed by atoms with Gasteiger partial charge >= 0.3 is 0 Å². The number of fused-ring (bicyclic) bond motifs is 4. The summed E-state index contributed by atoms with van der Waals surface area (Å²) in [6.45, 7) is 4.35. The van der Waals surface area contributed by atoms with Gasteiger partial charge in [-0.05, 0) is 31.0 Å². The van der Waals surface area contributed by atoms with Crippen LogP contribution in [0.15, 0.2) is 36.7 Å². The van der Waals surface area contributed by atoms with Crippen LogP contribution in [-0.2, 0) is 0 Å². The standard InChI is InChI=1S/C19H23N5O2/c1-26-17-4-2-3-14(11-17)18(25)22-15-12-20-19(21-13-15)24-10-9-23-7-5-16(24)6-8-23/h2-4,11-13,16H,5-10H2,1H3,(H,22,25). The van der Waals surface area contributed by atoms with E-state index in [2.05, 4.69) is 25.1 Å². The van der Waals surface area contributed by atoms with Crippen LogP contribution in [-0.4, -0.2) is 60.1 Å². The first kappa shape index (κ1) is 16.8. The van der Waals surface area contributed by atoms with Gasteiger partial charge in [0, 0.05) is 37.8 Å². The summed E-state index contributed by atoms with van der Waals surface area (Å²) in [6.07, 6.45) is 5.69. The van der Waals surface area contributed by atoms with Crippen LogP contribution in [0, 0.1) is 0 Å². The summed E-state index contributed by atoms with van der Waals surface area (Å²) in [5.74, 6) is 1.19. The van der Waals surface area contributed by atoms with Gasteiger partial charge in [0.15, 0.2) is 0 Å². The zero-order valence-corrected chi connectivity index (χ0v) is 14.9. The zero-order chi connectivity index (χ0) is 17.9. The molecule has 2 bridgehead atoms. The summed E-state index contributed by atoms with van der Waals surface area (Å²) in [7, 11) is 1.58. The third-order valence-corrected chi connectivity index (χ3v) is 5.14. The lowest BCUT2D eigenvalue weighted by molar-refractivity contribution is 0.102. The van der Waals surface area contributed by atoms with Gasteiger partial charge in [0.05, 0.1) is 25.2 Å². The number of amides is 1. The molecule has 3 aliphatic rings. The highest BCUT2D eigenvalue weighted by molar-refractivity contribution is 6.04. The van der Waals surface area contributed by atoms with E-state index in [1.165, 1.54) is 0 Å². The lowest BCUT2D eigenvalue weighted by Gasteiger charge is -2.31. The molecule has 0 spiro atoms. The molecule has 7 heteroatoms. The van der Waals surface area contributed by atoms with Gasteiger partial charge in [-0.1, -0.05) is 6.07 Å². The minimum absolute atomic E-state index is 0.207. The van der Waals surface area contributed by atoms with Gasteiger partial charge in [0.1, 0.15) is 5.75 Å². The smallest absolute Gasteiger partial charge is 0.255 e. The first-order valence-corrected chi connectivity index (χ1v) is 8.99. The molecule has 1 N–H and O–H groups in total. The number of aromatic nitrogens is 2. The molecule has 0 unspecified atom stereocenters. The van der Waals surface area contributed by atoms with Crippen LogP contribution in [0.1, 0.15) is 23.2 Å². The number of hydrogen-bond donors (Lipinski definition) is 1. The Kier molecular flexibility index (Phi) is 4.71. The van der Waals surface area contributed by atoms with Gasteiger partial charge in [0.25, 0.3) is 5.91 Å². The summed E-state index contributed by atoms with van der Waals surface area (Å²) in [5.41, 5.74) is 1.12. The Balaban J connectivity index is 1.45. The Bertz CT molecular complexity index is 772. The predicted octanol–water partition coefficient (Wildman–Crippen LogP) is 2.02. The van der Waals surface area contributed by atoms with Crippen molar-refractivity contribution < 1.29 is 9.53 Å². The van der Waals surface area contributed by atoms with E-state index >= 15 is 0 Å². The fourth-order valence-corrected chi connectivity index (χ4v) is 3.65. The number of piperidine rings is 1. The van der Waals surface area contributed by atoms with Crippen LogP contribution in [0.3, 0.4) is 0 Å². The molecule has 3 saturated heterocycles. The number of rotatable bonds is 4. The van der Waals surface area contributed by atoms with Crippen molar-refractivity contribution in [3.8, 4) is 5.75 Å². The summed E-state index contributed by atoms with van der Waals surface area (Å²) >= 11 is 0. The van der Waals surface area contributed by atoms with Gasteiger partial charge < -0.3 is 19.9 Å². The minimum Gasteiger partial charge on any atom is -0.497 e. The van der Waals surface area contributed by atoms with E-state index in [0.29, 0.717) is 23.0 Å². The predicted molar refractivity (Wildman–Crippen MR) is 99.8 cm³/mol. The Morgan fingerprint density at radius 1 is 1.15 bits per heavy atom. The molecule has 1 aromatic carbocycles. The SMILES string of the molecule is COc1cccc(C(=O)Nc2cnc(N3CCN4CCC3CC4)nc2)c1. The summed E-state index contributed by atoms with van der Waals surface area (Å²) in [5, 5.41) is 2.84. The van der Waals surface area contributed by atoms with Gasteiger partial charge in [-0.2, -0.15) is 0 Å². The van der Waals surface area contributed by atoms with E-state index in [-0.39, 0.29) is 5.91 Å². The molecule has 4 heterocycles. The maximum atomic E-state index is 12.4. The Morgan fingerprint density at radius 2 is 1.92 bits per heavy atom. The molecule has 136 valence electrons. The van der Waals surface area contributed by atoms with E-state index in [1.54, 1.807) is 43.8 Å². The summed E-state index contributed by atoms with van der Waals surface area (Å²) in [4.78, 5) is 26.2. The van der Waals surface area contributed by atoms with Gasteiger partial charge in [-0.3, -0.25) is 4.79 Å². The fraction of sp³-hybridized carbons (Fsp3) is 0.421. The largest absolute Gasteiger partial charge is 0.497 e. The number of hydrogen-bond acceptors (Lipinski definition) is 6. The Labute approximate surface area is 153 Å². The van der Waals surface area contributed by atoms with Crippen LogP contribution in [0.5, 0.6) is 5.75 Å². The first-order valence-electron chi connectivity index (χ1n) is 8.99. The fourth-order valence-electron chi connectivity index (χ4n) is 3.65. The highest BCUT2D eigenvalue weighted by Crippen LogP contribution is 2.24. The molecular weight excluding hydrogens is 330 g/mol. The number of benzene rings is 1. The molecular formula is C19H23N5O2. The highest BCUT2D eigenvalue weighted by atomic mass is 16.5. The average Bonchev–Trinajstić information content (AvgIpc) is 3.02. The van der Waals surface area contributed by atoms with Gasteiger partial charge in [0.2, 0.25) is 5.95 Å². The van der Waals surface area contributed by atoms with E-state index in [4.69, 9.17) is 4.74 Å². The number of anilines is 2. The molecule has 3 fully saturated rings. The third-order valence-electron chi connectivity index (χ3n) is 5.14. The molecule has 1 aromatic heterocycles. The van der Waals surface area contributed by atoms with E-state index < -0.39 is 0 Å². The lowest BCUT2D eigenvalue weighted by Crippen LogP contribution is -2.38. The van der Waals surface area contributed by atoms with Crippen LogP contribution in [0.25, 0.3) is 0 Å². The minimum atomic E-state index is -0.207. The molecule has 3 aliphatic heterocycles. The maximum absolute atomic E-state index is 12.4. The van der Waals surface area contributed by atoms with Crippen molar-refractivity contribution in [2.24, 2.45) is 0 Å². The maximum Gasteiger partial charge on any atom is 0.255 e.